The highest BCUT2D eigenvalue weighted by molar-refractivity contribution is 5.95. The summed E-state index contributed by atoms with van der Waals surface area (Å²) in [4.78, 5) is 12.2. The van der Waals surface area contributed by atoms with Gasteiger partial charge in [-0.05, 0) is 42.7 Å². The van der Waals surface area contributed by atoms with Crippen molar-refractivity contribution in [2.24, 2.45) is 0 Å². The standard InChI is InChI=1S/C19H21NO3/c1-14-5-2-3-6-16(14)19(21)20-10-9-15-7-8-17-18(13-15)23-12-4-11-22-17/h2-3,5-8,13H,4,9-12H2,1H3,(H,20,21). The Kier molecular flexibility index (Phi) is 4.81. The second-order valence-corrected chi connectivity index (χ2v) is 5.65. The number of carbonyl (C=O) groups excluding carboxylic acids is 1. The lowest BCUT2D eigenvalue weighted by Gasteiger charge is -2.10. The van der Waals surface area contributed by atoms with E-state index >= 15 is 0 Å². The first-order valence-electron chi connectivity index (χ1n) is 7.96. The Hall–Kier alpha value is -2.49. The van der Waals surface area contributed by atoms with Crippen molar-refractivity contribution < 1.29 is 14.3 Å². The van der Waals surface area contributed by atoms with Gasteiger partial charge < -0.3 is 14.8 Å². The van der Waals surface area contributed by atoms with Crippen molar-refractivity contribution in [1.29, 1.82) is 0 Å². The molecule has 0 bridgehead atoms. The average molecular weight is 311 g/mol. The first-order valence-corrected chi connectivity index (χ1v) is 7.96. The maximum absolute atomic E-state index is 12.2. The summed E-state index contributed by atoms with van der Waals surface area (Å²) in [6, 6.07) is 13.6. The third kappa shape index (κ3) is 3.83. The summed E-state index contributed by atoms with van der Waals surface area (Å²) in [6.07, 6.45) is 1.66. The highest BCUT2D eigenvalue weighted by Crippen LogP contribution is 2.30. The summed E-state index contributed by atoms with van der Waals surface area (Å²) in [7, 11) is 0. The number of carbonyl (C=O) groups is 1. The maximum atomic E-state index is 12.2. The van der Waals surface area contributed by atoms with Gasteiger partial charge in [0.15, 0.2) is 11.5 Å². The van der Waals surface area contributed by atoms with Gasteiger partial charge in [-0.25, -0.2) is 0 Å². The monoisotopic (exact) mass is 311 g/mol. The predicted molar refractivity (Wildman–Crippen MR) is 89.3 cm³/mol. The largest absolute Gasteiger partial charge is 0.490 e. The summed E-state index contributed by atoms with van der Waals surface area (Å²) >= 11 is 0. The zero-order valence-electron chi connectivity index (χ0n) is 13.3. The molecule has 0 saturated heterocycles. The molecular weight excluding hydrogens is 290 g/mol. The molecule has 0 fully saturated rings. The molecule has 1 N–H and O–H groups in total. The average Bonchev–Trinajstić information content (AvgIpc) is 2.80. The number of benzene rings is 2. The zero-order chi connectivity index (χ0) is 16.1. The molecule has 0 saturated carbocycles. The molecule has 120 valence electrons. The number of hydrogen-bond acceptors (Lipinski definition) is 3. The fourth-order valence-corrected chi connectivity index (χ4v) is 2.61. The van der Waals surface area contributed by atoms with E-state index in [0.717, 1.165) is 41.0 Å². The molecule has 1 amide bonds. The van der Waals surface area contributed by atoms with Gasteiger partial charge in [0.25, 0.3) is 5.91 Å². The SMILES string of the molecule is Cc1ccccc1C(=O)NCCc1ccc2c(c1)OCCCO2. The van der Waals surface area contributed by atoms with Crippen molar-refractivity contribution in [3.8, 4) is 11.5 Å². The molecule has 0 aromatic heterocycles. The number of hydrogen-bond donors (Lipinski definition) is 1. The molecule has 1 aliphatic heterocycles. The topological polar surface area (TPSA) is 47.6 Å². The third-order valence-electron chi connectivity index (χ3n) is 3.90. The van der Waals surface area contributed by atoms with Gasteiger partial charge in [-0.2, -0.15) is 0 Å². The van der Waals surface area contributed by atoms with Crippen molar-refractivity contribution in [3.05, 3.63) is 59.2 Å². The molecule has 3 rings (SSSR count). The molecule has 1 heterocycles. The van der Waals surface area contributed by atoms with Gasteiger partial charge in [-0.15, -0.1) is 0 Å². The zero-order valence-corrected chi connectivity index (χ0v) is 13.3. The van der Waals surface area contributed by atoms with E-state index in [-0.39, 0.29) is 5.91 Å². The number of fused-ring (bicyclic) bond motifs is 1. The lowest BCUT2D eigenvalue weighted by Crippen LogP contribution is -2.26. The molecular formula is C19H21NO3. The molecule has 0 aliphatic carbocycles. The van der Waals surface area contributed by atoms with Gasteiger partial charge in [0.1, 0.15) is 0 Å². The Bertz CT molecular complexity index is 697. The van der Waals surface area contributed by atoms with Gasteiger partial charge in [-0.3, -0.25) is 4.79 Å². The Morgan fingerprint density at radius 2 is 1.87 bits per heavy atom. The molecule has 4 nitrogen and oxygen atoms in total. The minimum absolute atomic E-state index is 0.0301. The van der Waals surface area contributed by atoms with Crippen molar-refractivity contribution in [3.63, 3.8) is 0 Å². The fourth-order valence-electron chi connectivity index (χ4n) is 2.61. The van der Waals surface area contributed by atoms with Gasteiger partial charge in [0.05, 0.1) is 13.2 Å². The summed E-state index contributed by atoms with van der Waals surface area (Å²) in [5.74, 6) is 1.57. The molecule has 2 aromatic rings. The Balaban J connectivity index is 1.58. The Labute approximate surface area is 136 Å². The van der Waals surface area contributed by atoms with E-state index in [4.69, 9.17) is 9.47 Å². The predicted octanol–water partition coefficient (Wildman–Crippen LogP) is 3.13. The van der Waals surface area contributed by atoms with Crippen LogP contribution in [0.5, 0.6) is 11.5 Å². The van der Waals surface area contributed by atoms with E-state index in [1.54, 1.807) is 0 Å². The number of rotatable bonds is 4. The van der Waals surface area contributed by atoms with Crippen molar-refractivity contribution >= 4 is 5.91 Å². The minimum atomic E-state index is -0.0301. The summed E-state index contributed by atoms with van der Waals surface area (Å²) in [6.45, 7) is 3.91. The quantitative estimate of drug-likeness (QED) is 0.943. The molecule has 0 spiro atoms. The molecule has 2 aromatic carbocycles. The van der Waals surface area contributed by atoms with E-state index in [9.17, 15) is 4.79 Å². The fraction of sp³-hybridized carbons (Fsp3) is 0.316. The summed E-state index contributed by atoms with van der Waals surface area (Å²) < 4.78 is 11.3. The highest BCUT2D eigenvalue weighted by Gasteiger charge is 2.11. The highest BCUT2D eigenvalue weighted by atomic mass is 16.5. The third-order valence-corrected chi connectivity index (χ3v) is 3.90. The molecule has 4 heteroatoms. The minimum Gasteiger partial charge on any atom is -0.490 e. The van der Waals surface area contributed by atoms with Crippen molar-refractivity contribution in [1.82, 2.24) is 5.32 Å². The van der Waals surface area contributed by atoms with Crippen LogP contribution in [0, 0.1) is 6.92 Å². The second kappa shape index (κ2) is 7.18. The van der Waals surface area contributed by atoms with Crippen LogP contribution in [-0.4, -0.2) is 25.7 Å². The van der Waals surface area contributed by atoms with Crippen LogP contribution in [0.3, 0.4) is 0 Å². The second-order valence-electron chi connectivity index (χ2n) is 5.65. The first kappa shape index (κ1) is 15.4. The lowest BCUT2D eigenvalue weighted by atomic mass is 10.1. The van der Waals surface area contributed by atoms with Crippen LogP contribution >= 0.6 is 0 Å². The molecule has 0 radical (unpaired) electrons. The van der Waals surface area contributed by atoms with Crippen LogP contribution in [0.1, 0.15) is 27.9 Å². The van der Waals surface area contributed by atoms with E-state index in [1.807, 2.05) is 49.4 Å². The summed E-state index contributed by atoms with van der Waals surface area (Å²) in [5.41, 5.74) is 2.84. The van der Waals surface area contributed by atoms with Gasteiger partial charge in [0.2, 0.25) is 0 Å². The van der Waals surface area contributed by atoms with Gasteiger partial charge in [-0.1, -0.05) is 24.3 Å². The van der Waals surface area contributed by atoms with Crippen LogP contribution in [0.2, 0.25) is 0 Å². The van der Waals surface area contributed by atoms with E-state index in [2.05, 4.69) is 5.32 Å². The van der Waals surface area contributed by atoms with Crippen LogP contribution in [0.4, 0.5) is 0 Å². The molecule has 1 aliphatic rings. The number of amides is 1. The van der Waals surface area contributed by atoms with Gasteiger partial charge in [0, 0.05) is 18.5 Å². The van der Waals surface area contributed by atoms with Crippen molar-refractivity contribution in [2.45, 2.75) is 19.8 Å². The smallest absolute Gasteiger partial charge is 0.251 e. The molecule has 0 unspecified atom stereocenters. The van der Waals surface area contributed by atoms with E-state index in [0.29, 0.717) is 19.8 Å². The van der Waals surface area contributed by atoms with Crippen LogP contribution < -0.4 is 14.8 Å². The number of ether oxygens (including phenoxy) is 2. The number of nitrogens with one attached hydrogen (secondary N) is 1. The normalized spacial score (nSPS) is 13.3. The van der Waals surface area contributed by atoms with E-state index in [1.165, 1.54) is 0 Å². The maximum Gasteiger partial charge on any atom is 0.251 e. The van der Waals surface area contributed by atoms with E-state index < -0.39 is 0 Å². The molecule has 23 heavy (non-hydrogen) atoms. The van der Waals surface area contributed by atoms with Gasteiger partial charge >= 0.3 is 0 Å². The molecule has 0 atom stereocenters. The number of aryl methyl sites for hydroxylation is 1. The first-order chi connectivity index (χ1) is 11.2. The van der Waals surface area contributed by atoms with Crippen LogP contribution in [0.15, 0.2) is 42.5 Å². The Morgan fingerprint density at radius 3 is 2.70 bits per heavy atom. The van der Waals surface area contributed by atoms with Crippen LogP contribution in [0.25, 0.3) is 0 Å². The van der Waals surface area contributed by atoms with Crippen LogP contribution in [-0.2, 0) is 6.42 Å². The van der Waals surface area contributed by atoms with Crippen molar-refractivity contribution in [2.75, 3.05) is 19.8 Å². The summed E-state index contributed by atoms with van der Waals surface area (Å²) in [5, 5.41) is 2.97. The lowest BCUT2D eigenvalue weighted by molar-refractivity contribution is 0.0953. The Morgan fingerprint density at radius 1 is 1.09 bits per heavy atom.